The third-order valence-corrected chi connectivity index (χ3v) is 7.46. The Morgan fingerprint density at radius 2 is 1.60 bits per heavy atom. The number of rotatable bonds is 12. The summed E-state index contributed by atoms with van der Waals surface area (Å²) in [5.74, 6) is 1.45. The van der Waals surface area contributed by atoms with Crippen LogP contribution < -0.4 is 23.8 Å². The van der Waals surface area contributed by atoms with Gasteiger partial charge in [-0.3, -0.25) is 4.57 Å². The van der Waals surface area contributed by atoms with E-state index < -0.39 is 11.3 Å². The van der Waals surface area contributed by atoms with Crippen molar-refractivity contribution >= 4 is 11.5 Å². The summed E-state index contributed by atoms with van der Waals surface area (Å²) in [6, 6.07) is 13.7. The van der Waals surface area contributed by atoms with Crippen LogP contribution in [0.1, 0.15) is 38.5 Å². The zero-order valence-corrected chi connectivity index (χ0v) is 23.0. The molecule has 2 aliphatic heterocycles. The maximum Gasteiger partial charge on any atom is 0.573 e. The predicted molar refractivity (Wildman–Crippen MR) is 147 cm³/mol. The number of piperidine rings is 1. The number of nitro groups is 1. The Morgan fingerprint density at radius 1 is 0.929 bits per heavy atom. The van der Waals surface area contributed by atoms with Gasteiger partial charge in [0.25, 0.3) is 0 Å². The fourth-order valence-electron chi connectivity index (χ4n) is 5.22. The minimum absolute atomic E-state index is 0.218. The number of aryl methyl sites for hydroxylation is 1. The Morgan fingerprint density at radius 3 is 2.29 bits per heavy atom. The zero-order chi connectivity index (χ0) is 29.5. The standard InChI is InChI=1S/C29H33F3N4O6/c30-29(31,32)42-25-10-8-23(9-11-25)39-18-2-1-3-21-12-15-34(16-13-21)22-4-6-24(7-5-22)40-20-26-14-17-35-19-27(36(37)38)33-28(35)41-26/h4-11,19,21,26H,1-3,12-18,20H2. The van der Waals surface area contributed by atoms with Gasteiger partial charge in [-0.1, -0.05) is 6.42 Å². The Bertz CT molecular complexity index is 1310. The molecule has 5 rings (SSSR count). The number of hydrogen-bond acceptors (Lipinski definition) is 8. The van der Waals surface area contributed by atoms with E-state index in [2.05, 4.69) is 26.8 Å². The van der Waals surface area contributed by atoms with Crippen molar-refractivity contribution in [3.63, 3.8) is 0 Å². The Hall–Kier alpha value is -4.16. The molecule has 1 atom stereocenters. The summed E-state index contributed by atoms with van der Waals surface area (Å²) >= 11 is 0. The summed E-state index contributed by atoms with van der Waals surface area (Å²) in [7, 11) is 0. The van der Waals surface area contributed by atoms with E-state index >= 15 is 0 Å². The summed E-state index contributed by atoms with van der Waals surface area (Å²) in [6.07, 6.45) is 2.43. The third-order valence-electron chi connectivity index (χ3n) is 7.46. The maximum atomic E-state index is 12.3. The van der Waals surface area contributed by atoms with Gasteiger partial charge in [0.1, 0.15) is 36.2 Å². The van der Waals surface area contributed by atoms with Crippen molar-refractivity contribution in [2.75, 3.05) is 31.2 Å². The maximum absolute atomic E-state index is 12.3. The average molecular weight is 591 g/mol. The van der Waals surface area contributed by atoms with Crippen molar-refractivity contribution in [2.45, 2.75) is 57.5 Å². The number of anilines is 1. The molecule has 13 heteroatoms. The van der Waals surface area contributed by atoms with Crippen LogP contribution in [0.4, 0.5) is 24.7 Å². The first-order valence-corrected chi connectivity index (χ1v) is 14.1. The molecule has 42 heavy (non-hydrogen) atoms. The molecule has 2 aliphatic rings. The summed E-state index contributed by atoms with van der Waals surface area (Å²) in [6.45, 7) is 3.42. The first kappa shape index (κ1) is 29.3. The molecule has 0 bridgehead atoms. The Balaban J connectivity index is 0.958. The van der Waals surface area contributed by atoms with Crippen LogP contribution in [0.2, 0.25) is 0 Å². The zero-order valence-electron chi connectivity index (χ0n) is 23.0. The van der Waals surface area contributed by atoms with Gasteiger partial charge >= 0.3 is 18.2 Å². The van der Waals surface area contributed by atoms with Gasteiger partial charge in [0.05, 0.1) is 6.61 Å². The van der Waals surface area contributed by atoms with Crippen LogP contribution in [0, 0.1) is 16.0 Å². The van der Waals surface area contributed by atoms with Crippen LogP contribution in [0.5, 0.6) is 23.3 Å². The fraction of sp³-hybridized carbons (Fsp3) is 0.483. The Kier molecular flexibility index (Phi) is 9.23. The molecule has 0 radical (unpaired) electrons. The fourth-order valence-corrected chi connectivity index (χ4v) is 5.22. The van der Waals surface area contributed by atoms with Gasteiger partial charge in [0.2, 0.25) is 0 Å². The van der Waals surface area contributed by atoms with E-state index in [0.717, 1.165) is 56.6 Å². The number of fused-ring (bicyclic) bond motifs is 1. The molecule has 1 unspecified atom stereocenters. The van der Waals surface area contributed by atoms with Gasteiger partial charge in [0.15, 0.2) is 0 Å². The van der Waals surface area contributed by atoms with Crippen molar-refractivity contribution in [2.24, 2.45) is 5.92 Å². The minimum Gasteiger partial charge on any atom is -0.494 e. The summed E-state index contributed by atoms with van der Waals surface area (Å²) in [5, 5.41) is 10.9. The van der Waals surface area contributed by atoms with E-state index in [0.29, 0.717) is 37.8 Å². The number of halogens is 3. The van der Waals surface area contributed by atoms with E-state index in [1.54, 1.807) is 4.57 Å². The molecular weight excluding hydrogens is 557 g/mol. The number of ether oxygens (including phenoxy) is 4. The van der Waals surface area contributed by atoms with E-state index in [1.165, 1.54) is 30.5 Å². The largest absolute Gasteiger partial charge is 0.573 e. The van der Waals surface area contributed by atoms with E-state index in [9.17, 15) is 23.3 Å². The highest BCUT2D eigenvalue weighted by molar-refractivity contribution is 5.49. The Labute approximate surface area is 241 Å². The molecule has 10 nitrogen and oxygen atoms in total. The van der Waals surface area contributed by atoms with Gasteiger partial charge < -0.3 is 34.0 Å². The van der Waals surface area contributed by atoms with Gasteiger partial charge in [-0.25, -0.2) is 0 Å². The lowest BCUT2D eigenvalue weighted by Gasteiger charge is -2.33. The lowest BCUT2D eigenvalue weighted by Crippen LogP contribution is -2.33. The van der Waals surface area contributed by atoms with Gasteiger partial charge in [-0.05, 0) is 85.1 Å². The molecule has 2 aromatic carbocycles. The number of hydrogen-bond donors (Lipinski definition) is 0. The predicted octanol–water partition coefficient (Wildman–Crippen LogP) is 6.39. The molecule has 226 valence electrons. The highest BCUT2D eigenvalue weighted by Gasteiger charge is 2.31. The number of nitrogens with zero attached hydrogens (tertiary/aromatic N) is 4. The molecule has 0 aliphatic carbocycles. The van der Waals surface area contributed by atoms with Crippen LogP contribution in [0.3, 0.4) is 0 Å². The van der Waals surface area contributed by atoms with Gasteiger partial charge in [-0.2, -0.15) is 0 Å². The quantitative estimate of drug-likeness (QED) is 0.136. The lowest BCUT2D eigenvalue weighted by atomic mass is 9.91. The van der Waals surface area contributed by atoms with Crippen molar-refractivity contribution in [1.29, 1.82) is 0 Å². The number of benzene rings is 2. The molecule has 0 saturated carbocycles. The molecule has 0 N–H and O–H groups in total. The van der Waals surface area contributed by atoms with Crippen LogP contribution >= 0.6 is 0 Å². The summed E-state index contributed by atoms with van der Waals surface area (Å²) < 4.78 is 59.6. The number of imidazole rings is 1. The molecule has 0 amide bonds. The minimum atomic E-state index is -4.70. The molecule has 1 fully saturated rings. The second-order valence-corrected chi connectivity index (χ2v) is 10.5. The van der Waals surface area contributed by atoms with E-state index in [-0.39, 0.29) is 23.7 Å². The second-order valence-electron chi connectivity index (χ2n) is 10.5. The highest BCUT2D eigenvalue weighted by Crippen LogP contribution is 2.29. The third kappa shape index (κ3) is 8.20. The van der Waals surface area contributed by atoms with Crippen molar-refractivity contribution in [3.8, 4) is 23.3 Å². The SMILES string of the molecule is O=[N+]([O-])c1cn2c(n1)OC(COc1ccc(N3CCC(CCCCOc4ccc(OC(F)(F)F)cc4)CC3)cc1)CC2. The summed E-state index contributed by atoms with van der Waals surface area (Å²) in [4.78, 5) is 16.7. The molecule has 0 spiro atoms. The highest BCUT2D eigenvalue weighted by atomic mass is 19.4. The molecule has 3 aromatic rings. The topological polar surface area (TPSA) is 101 Å². The second kappa shape index (κ2) is 13.2. The average Bonchev–Trinajstić information content (AvgIpc) is 3.41. The smallest absolute Gasteiger partial charge is 0.494 e. The van der Waals surface area contributed by atoms with Crippen LogP contribution in [-0.2, 0) is 6.54 Å². The number of unbranched alkanes of at least 4 members (excludes halogenated alkanes) is 1. The van der Waals surface area contributed by atoms with Crippen LogP contribution in [0.15, 0.2) is 54.7 Å². The monoisotopic (exact) mass is 590 g/mol. The van der Waals surface area contributed by atoms with Gasteiger partial charge in [0, 0.05) is 36.7 Å². The molecular formula is C29H33F3N4O6. The summed E-state index contributed by atoms with van der Waals surface area (Å²) in [5.41, 5.74) is 1.16. The van der Waals surface area contributed by atoms with Crippen LogP contribution in [-0.4, -0.2) is 53.2 Å². The lowest BCUT2D eigenvalue weighted by molar-refractivity contribution is -0.389. The number of aromatic nitrogens is 2. The normalized spacial score (nSPS) is 17.3. The van der Waals surface area contributed by atoms with E-state index in [4.69, 9.17) is 14.2 Å². The van der Waals surface area contributed by atoms with Crippen molar-refractivity contribution < 1.29 is 37.0 Å². The van der Waals surface area contributed by atoms with Crippen molar-refractivity contribution in [1.82, 2.24) is 9.55 Å². The molecule has 1 aromatic heterocycles. The van der Waals surface area contributed by atoms with Gasteiger partial charge in [-0.15, -0.1) is 13.2 Å². The first-order chi connectivity index (χ1) is 20.2. The molecule has 1 saturated heterocycles. The van der Waals surface area contributed by atoms with Crippen LogP contribution in [0.25, 0.3) is 0 Å². The number of alkyl halides is 3. The first-order valence-electron chi connectivity index (χ1n) is 14.1. The molecule has 3 heterocycles. The van der Waals surface area contributed by atoms with Crippen molar-refractivity contribution in [3.05, 3.63) is 64.8 Å². The van der Waals surface area contributed by atoms with E-state index in [1.807, 2.05) is 12.1 Å².